The van der Waals surface area contributed by atoms with Crippen LogP contribution in [0, 0.1) is 0 Å². The second kappa shape index (κ2) is 9.88. The van der Waals surface area contributed by atoms with Gasteiger partial charge in [0, 0.05) is 51.2 Å². The largest absolute Gasteiger partial charge is 0.454 e. The van der Waals surface area contributed by atoms with E-state index in [1.54, 1.807) is 18.2 Å². The molecule has 0 bridgehead atoms. The number of amides is 2. The molecule has 2 aromatic carbocycles. The Bertz CT molecular complexity index is 957. The molecule has 0 unspecified atom stereocenters. The van der Waals surface area contributed by atoms with Gasteiger partial charge in [0.25, 0.3) is 0 Å². The van der Waals surface area contributed by atoms with Gasteiger partial charge < -0.3 is 29.7 Å². The quantitative estimate of drug-likeness (QED) is 0.660. The van der Waals surface area contributed by atoms with Crippen molar-refractivity contribution in [1.82, 2.24) is 10.2 Å². The van der Waals surface area contributed by atoms with Crippen LogP contribution in [0.15, 0.2) is 42.5 Å². The van der Waals surface area contributed by atoms with Gasteiger partial charge in [-0.1, -0.05) is 12.1 Å². The predicted octanol–water partition coefficient (Wildman–Crippen LogP) is 1.61. The molecule has 9 nitrogen and oxygen atoms in total. The van der Waals surface area contributed by atoms with E-state index in [9.17, 15) is 9.59 Å². The van der Waals surface area contributed by atoms with Gasteiger partial charge in [0.05, 0.1) is 19.3 Å². The van der Waals surface area contributed by atoms with Gasteiger partial charge in [-0.3, -0.25) is 14.5 Å². The van der Waals surface area contributed by atoms with E-state index in [0.29, 0.717) is 36.9 Å². The summed E-state index contributed by atoms with van der Waals surface area (Å²) in [7, 11) is 3.99. The number of morpholine rings is 1. The fourth-order valence-corrected chi connectivity index (χ4v) is 3.77. The maximum atomic E-state index is 12.5. The molecule has 0 aromatic heterocycles. The fourth-order valence-electron chi connectivity index (χ4n) is 3.77. The molecule has 2 heterocycles. The van der Waals surface area contributed by atoms with Crippen LogP contribution < -0.4 is 25.0 Å². The van der Waals surface area contributed by atoms with E-state index in [0.717, 1.165) is 24.3 Å². The minimum atomic E-state index is -0.729. The molecule has 32 heavy (non-hydrogen) atoms. The number of benzene rings is 2. The number of hydrogen-bond donors (Lipinski definition) is 2. The number of hydrogen-bond acceptors (Lipinski definition) is 7. The normalized spacial score (nSPS) is 16.3. The third-order valence-corrected chi connectivity index (χ3v) is 5.57. The summed E-state index contributed by atoms with van der Waals surface area (Å²) >= 11 is 0. The van der Waals surface area contributed by atoms with Crippen molar-refractivity contribution in [3.8, 4) is 11.5 Å². The summed E-state index contributed by atoms with van der Waals surface area (Å²) in [6.07, 6.45) is 0. The van der Waals surface area contributed by atoms with Crippen LogP contribution >= 0.6 is 0 Å². The Balaban J connectivity index is 1.40. The van der Waals surface area contributed by atoms with Crippen molar-refractivity contribution in [2.45, 2.75) is 6.04 Å². The monoisotopic (exact) mass is 440 g/mol. The highest BCUT2D eigenvalue weighted by atomic mass is 16.7. The maximum Gasteiger partial charge on any atom is 0.313 e. The Hall–Kier alpha value is -3.30. The average Bonchev–Trinajstić information content (AvgIpc) is 3.28. The molecule has 2 N–H and O–H groups in total. The standard InChI is InChI=1S/C23H28N4O5/c1-26(2)18-6-3-16(4-7-18)19(27-9-11-30-12-10-27)14-24-22(28)23(29)25-17-5-8-20-21(13-17)32-15-31-20/h3-8,13,19H,9-12,14-15H2,1-2H3,(H,24,28)(H,25,29)/t19-/m1/s1. The van der Waals surface area contributed by atoms with E-state index in [1.165, 1.54) is 0 Å². The zero-order chi connectivity index (χ0) is 22.5. The lowest BCUT2D eigenvalue weighted by molar-refractivity contribution is -0.136. The van der Waals surface area contributed by atoms with Gasteiger partial charge in [0.2, 0.25) is 6.79 Å². The molecule has 0 saturated carbocycles. The molecular weight excluding hydrogens is 412 g/mol. The SMILES string of the molecule is CN(C)c1ccc([C@@H](CNC(=O)C(=O)Nc2ccc3c(c2)OCO3)N2CCOCC2)cc1. The first kappa shape index (κ1) is 21.9. The third kappa shape index (κ3) is 5.12. The Kier molecular flexibility index (Phi) is 6.77. The van der Waals surface area contributed by atoms with Crippen LogP contribution in [-0.2, 0) is 14.3 Å². The van der Waals surface area contributed by atoms with Crippen LogP contribution in [0.4, 0.5) is 11.4 Å². The first-order chi connectivity index (χ1) is 15.5. The molecule has 0 radical (unpaired) electrons. The van der Waals surface area contributed by atoms with Crippen LogP contribution in [-0.4, -0.2) is 70.5 Å². The van der Waals surface area contributed by atoms with E-state index in [-0.39, 0.29) is 12.8 Å². The van der Waals surface area contributed by atoms with E-state index < -0.39 is 11.8 Å². The number of ether oxygens (including phenoxy) is 3. The molecule has 4 rings (SSSR count). The number of carbonyl (C=O) groups excluding carboxylic acids is 2. The second-order valence-electron chi connectivity index (χ2n) is 7.88. The number of nitrogens with one attached hydrogen (secondary N) is 2. The summed E-state index contributed by atoms with van der Waals surface area (Å²) in [4.78, 5) is 29.2. The van der Waals surface area contributed by atoms with Gasteiger partial charge in [-0.15, -0.1) is 0 Å². The Labute approximate surface area is 187 Å². The van der Waals surface area contributed by atoms with Crippen LogP contribution in [0.25, 0.3) is 0 Å². The molecule has 1 saturated heterocycles. The second-order valence-corrected chi connectivity index (χ2v) is 7.88. The van der Waals surface area contributed by atoms with E-state index in [4.69, 9.17) is 14.2 Å². The summed E-state index contributed by atoms with van der Waals surface area (Å²) in [6.45, 7) is 3.27. The minimum Gasteiger partial charge on any atom is -0.454 e. The van der Waals surface area contributed by atoms with Crippen molar-refractivity contribution in [2.75, 3.05) is 64.0 Å². The summed E-state index contributed by atoms with van der Waals surface area (Å²) in [6, 6.07) is 13.2. The molecule has 2 aromatic rings. The molecule has 1 fully saturated rings. The average molecular weight is 441 g/mol. The summed E-state index contributed by atoms with van der Waals surface area (Å²) in [5, 5.41) is 5.40. The van der Waals surface area contributed by atoms with Crippen molar-refractivity contribution in [3.05, 3.63) is 48.0 Å². The first-order valence-electron chi connectivity index (χ1n) is 10.6. The smallest absolute Gasteiger partial charge is 0.313 e. The van der Waals surface area contributed by atoms with Crippen molar-refractivity contribution in [1.29, 1.82) is 0 Å². The van der Waals surface area contributed by atoms with Gasteiger partial charge in [-0.25, -0.2) is 0 Å². The molecule has 2 amide bonds. The minimum absolute atomic E-state index is 0.0580. The van der Waals surface area contributed by atoms with Gasteiger partial charge in [-0.05, 0) is 29.8 Å². The zero-order valence-corrected chi connectivity index (χ0v) is 18.3. The van der Waals surface area contributed by atoms with Crippen LogP contribution in [0.2, 0.25) is 0 Å². The molecule has 1 atom stereocenters. The highest BCUT2D eigenvalue weighted by Crippen LogP contribution is 2.34. The molecule has 9 heteroatoms. The number of carbonyl (C=O) groups is 2. The van der Waals surface area contributed by atoms with Crippen molar-refractivity contribution < 1.29 is 23.8 Å². The fraction of sp³-hybridized carbons (Fsp3) is 0.391. The van der Waals surface area contributed by atoms with Gasteiger partial charge in [0.1, 0.15) is 0 Å². The zero-order valence-electron chi connectivity index (χ0n) is 18.3. The Morgan fingerprint density at radius 3 is 2.44 bits per heavy atom. The molecule has 0 aliphatic carbocycles. The molecule has 0 spiro atoms. The Morgan fingerprint density at radius 2 is 1.72 bits per heavy atom. The highest BCUT2D eigenvalue weighted by molar-refractivity contribution is 6.39. The molecule has 170 valence electrons. The van der Waals surface area contributed by atoms with Gasteiger partial charge in [-0.2, -0.15) is 0 Å². The van der Waals surface area contributed by atoms with Crippen molar-refractivity contribution in [3.63, 3.8) is 0 Å². The van der Waals surface area contributed by atoms with Gasteiger partial charge in [0.15, 0.2) is 11.5 Å². The van der Waals surface area contributed by atoms with E-state index in [2.05, 4.69) is 39.8 Å². The Morgan fingerprint density at radius 1 is 1.00 bits per heavy atom. The third-order valence-electron chi connectivity index (χ3n) is 5.57. The molecule has 2 aliphatic heterocycles. The van der Waals surface area contributed by atoms with Gasteiger partial charge >= 0.3 is 11.8 Å². The lowest BCUT2D eigenvalue weighted by atomic mass is 10.0. The number of fused-ring (bicyclic) bond motifs is 1. The lowest BCUT2D eigenvalue weighted by Crippen LogP contribution is -2.45. The first-order valence-corrected chi connectivity index (χ1v) is 10.6. The van der Waals surface area contributed by atoms with Crippen LogP contribution in [0.5, 0.6) is 11.5 Å². The highest BCUT2D eigenvalue weighted by Gasteiger charge is 2.25. The van der Waals surface area contributed by atoms with E-state index in [1.807, 2.05) is 19.0 Å². The molecule has 2 aliphatic rings. The number of rotatable bonds is 6. The summed E-state index contributed by atoms with van der Waals surface area (Å²) in [5.41, 5.74) is 2.65. The molecular formula is C23H28N4O5. The number of anilines is 2. The van der Waals surface area contributed by atoms with E-state index >= 15 is 0 Å². The van der Waals surface area contributed by atoms with Crippen molar-refractivity contribution >= 4 is 23.2 Å². The van der Waals surface area contributed by atoms with Crippen LogP contribution in [0.1, 0.15) is 11.6 Å². The lowest BCUT2D eigenvalue weighted by Gasteiger charge is -2.35. The summed E-state index contributed by atoms with van der Waals surface area (Å²) < 4.78 is 16.0. The maximum absolute atomic E-state index is 12.5. The van der Waals surface area contributed by atoms with Crippen LogP contribution in [0.3, 0.4) is 0 Å². The summed E-state index contributed by atoms with van der Waals surface area (Å²) in [5.74, 6) is -0.267. The van der Waals surface area contributed by atoms with Crippen molar-refractivity contribution in [2.24, 2.45) is 0 Å². The predicted molar refractivity (Wildman–Crippen MR) is 120 cm³/mol. The topological polar surface area (TPSA) is 92.4 Å². The number of nitrogens with zero attached hydrogens (tertiary/aromatic N) is 2.